The van der Waals surface area contributed by atoms with E-state index in [1.165, 1.54) is 0 Å². The summed E-state index contributed by atoms with van der Waals surface area (Å²) in [6.45, 7) is 6.49. The summed E-state index contributed by atoms with van der Waals surface area (Å²) < 4.78 is 11.2. The van der Waals surface area contributed by atoms with Crippen LogP contribution in [0.4, 0.5) is 0 Å². The molecule has 1 unspecified atom stereocenters. The van der Waals surface area contributed by atoms with E-state index in [2.05, 4.69) is 6.92 Å². The number of benzene rings is 2. The molecule has 1 amide bonds. The highest BCUT2D eigenvalue weighted by atomic mass is 16.6. The summed E-state index contributed by atoms with van der Waals surface area (Å²) in [6.07, 6.45) is 0.792. The van der Waals surface area contributed by atoms with E-state index >= 15 is 0 Å². The Morgan fingerprint density at radius 2 is 1.76 bits per heavy atom. The van der Waals surface area contributed by atoms with E-state index in [4.69, 9.17) is 9.47 Å². The monoisotopic (exact) mass is 339 g/mol. The van der Waals surface area contributed by atoms with Crippen molar-refractivity contribution in [2.24, 2.45) is 0 Å². The Kier molecular flexibility index (Phi) is 5.59. The standard InChI is InChI=1S/C21H25NO3/c1-3-18(17-8-6-5-7-9-17)21(23)22(4-2)15-16-10-11-19-20(14-16)25-13-12-24-19/h5-11,14,18H,3-4,12-13,15H2,1-2H3. The molecule has 4 heteroatoms. The normalized spacial score (nSPS) is 14.0. The van der Waals surface area contributed by atoms with Gasteiger partial charge < -0.3 is 14.4 Å². The molecule has 0 spiro atoms. The van der Waals surface area contributed by atoms with Gasteiger partial charge in [0.05, 0.1) is 5.92 Å². The molecule has 0 aromatic heterocycles. The highest BCUT2D eigenvalue weighted by molar-refractivity contribution is 5.83. The summed E-state index contributed by atoms with van der Waals surface area (Å²) in [7, 11) is 0. The third-order valence-electron chi connectivity index (χ3n) is 4.58. The van der Waals surface area contributed by atoms with E-state index in [0.29, 0.717) is 26.3 Å². The van der Waals surface area contributed by atoms with Crippen molar-refractivity contribution < 1.29 is 14.3 Å². The zero-order valence-electron chi connectivity index (χ0n) is 14.9. The fraction of sp³-hybridized carbons (Fsp3) is 0.381. The molecule has 3 rings (SSSR count). The molecular weight excluding hydrogens is 314 g/mol. The van der Waals surface area contributed by atoms with Crippen LogP contribution in [-0.2, 0) is 11.3 Å². The number of hydrogen-bond donors (Lipinski definition) is 0. The highest BCUT2D eigenvalue weighted by Gasteiger charge is 2.24. The third-order valence-corrected chi connectivity index (χ3v) is 4.58. The Morgan fingerprint density at radius 3 is 2.44 bits per heavy atom. The molecule has 0 saturated heterocycles. The first-order chi connectivity index (χ1) is 12.2. The lowest BCUT2D eigenvalue weighted by Crippen LogP contribution is -2.34. The molecule has 2 aromatic rings. The molecule has 1 aliphatic rings. The number of fused-ring (bicyclic) bond motifs is 1. The SMILES string of the molecule is CCC(C(=O)N(CC)Cc1ccc2c(c1)OCCO2)c1ccccc1. The number of rotatable bonds is 6. The van der Waals surface area contributed by atoms with Crippen molar-refractivity contribution in [3.63, 3.8) is 0 Å². The molecule has 132 valence electrons. The first-order valence-corrected chi connectivity index (χ1v) is 8.95. The number of amides is 1. The molecule has 1 aliphatic heterocycles. The van der Waals surface area contributed by atoms with E-state index in [1.54, 1.807) is 0 Å². The molecule has 0 aliphatic carbocycles. The number of nitrogens with zero attached hydrogens (tertiary/aromatic N) is 1. The van der Waals surface area contributed by atoms with E-state index in [0.717, 1.165) is 29.0 Å². The van der Waals surface area contributed by atoms with Crippen molar-refractivity contribution in [1.82, 2.24) is 4.90 Å². The fourth-order valence-corrected chi connectivity index (χ4v) is 3.21. The van der Waals surface area contributed by atoms with Gasteiger partial charge in [-0.1, -0.05) is 43.3 Å². The van der Waals surface area contributed by atoms with Gasteiger partial charge in [0, 0.05) is 13.1 Å². The average Bonchev–Trinajstić information content (AvgIpc) is 2.67. The fourth-order valence-electron chi connectivity index (χ4n) is 3.21. The second-order valence-corrected chi connectivity index (χ2v) is 6.20. The van der Waals surface area contributed by atoms with Crippen LogP contribution < -0.4 is 9.47 Å². The lowest BCUT2D eigenvalue weighted by atomic mass is 9.95. The highest BCUT2D eigenvalue weighted by Crippen LogP contribution is 2.31. The second kappa shape index (κ2) is 8.06. The van der Waals surface area contributed by atoms with E-state index in [-0.39, 0.29) is 11.8 Å². The third kappa shape index (κ3) is 3.95. The maximum atomic E-state index is 13.1. The van der Waals surface area contributed by atoms with Gasteiger partial charge in [0.1, 0.15) is 13.2 Å². The Morgan fingerprint density at radius 1 is 1.04 bits per heavy atom. The second-order valence-electron chi connectivity index (χ2n) is 6.20. The van der Waals surface area contributed by atoms with Gasteiger partial charge in [-0.2, -0.15) is 0 Å². The van der Waals surface area contributed by atoms with Crippen molar-refractivity contribution in [1.29, 1.82) is 0 Å². The van der Waals surface area contributed by atoms with E-state index in [1.807, 2.05) is 60.4 Å². The van der Waals surface area contributed by atoms with Gasteiger partial charge in [0.2, 0.25) is 5.91 Å². The lowest BCUT2D eigenvalue weighted by molar-refractivity contribution is -0.133. The molecule has 0 fully saturated rings. The molecule has 0 radical (unpaired) electrons. The number of carbonyl (C=O) groups excluding carboxylic acids is 1. The molecule has 0 saturated carbocycles. The molecule has 25 heavy (non-hydrogen) atoms. The quantitative estimate of drug-likeness (QED) is 0.798. The van der Waals surface area contributed by atoms with Crippen molar-refractivity contribution in [3.8, 4) is 11.5 Å². The van der Waals surface area contributed by atoms with Crippen molar-refractivity contribution in [2.45, 2.75) is 32.7 Å². The predicted molar refractivity (Wildman–Crippen MR) is 98.0 cm³/mol. The summed E-state index contributed by atoms with van der Waals surface area (Å²) in [5.41, 5.74) is 2.14. The summed E-state index contributed by atoms with van der Waals surface area (Å²) in [5.74, 6) is 1.62. The Labute approximate surface area is 149 Å². The first-order valence-electron chi connectivity index (χ1n) is 8.95. The lowest BCUT2D eigenvalue weighted by Gasteiger charge is -2.27. The van der Waals surface area contributed by atoms with Crippen LogP contribution in [0, 0.1) is 0 Å². The molecular formula is C21H25NO3. The summed E-state index contributed by atoms with van der Waals surface area (Å²) in [4.78, 5) is 15.0. The van der Waals surface area contributed by atoms with Crippen LogP contribution in [0.15, 0.2) is 48.5 Å². The minimum absolute atomic E-state index is 0.0987. The van der Waals surface area contributed by atoms with Gasteiger partial charge in [0.25, 0.3) is 0 Å². The van der Waals surface area contributed by atoms with Gasteiger partial charge in [-0.25, -0.2) is 0 Å². The van der Waals surface area contributed by atoms with Gasteiger partial charge in [0.15, 0.2) is 11.5 Å². The minimum Gasteiger partial charge on any atom is -0.486 e. The smallest absolute Gasteiger partial charge is 0.230 e. The van der Waals surface area contributed by atoms with E-state index < -0.39 is 0 Å². The topological polar surface area (TPSA) is 38.8 Å². The molecule has 1 heterocycles. The summed E-state index contributed by atoms with van der Waals surface area (Å²) in [5, 5.41) is 0. The van der Waals surface area contributed by atoms with Crippen molar-refractivity contribution in [2.75, 3.05) is 19.8 Å². The van der Waals surface area contributed by atoms with Crippen LogP contribution in [0.25, 0.3) is 0 Å². The summed E-state index contributed by atoms with van der Waals surface area (Å²) in [6, 6.07) is 15.9. The van der Waals surface area contributed by atoms with Gasteiger partial charge in [-0.05, 0) is 36.6 Å². The molecule has 2 aromatic carbocycles. The zero-order valence-corrected chi connectivity index (χ0v) is 14.9. The Hall–Kier alpha value is -2.49. The number of carbonyl (C=O) groups is 1. The number of likely N-dealkylation sites (N-methyl/N-ethyl adjacent to an activating group) is 1. The van der Waals surface area contributed by atoms with Gasteiger partial charge >= 0.3 is 0 Å². The van der Waals surface area contributed by atoms with Crippen LogP contribution in [0.1, 0.15) is 37.3 Å². The van der Waals surface area contributed by atoms with Crippen LogP contribution in [0.5, 0.6) is 11.5 Å². The first kappa shape index (κ1) is 17.3. The van der Waals surface area contributed by atoms with Crippen LogP contribution in [0.2, 0.25) is 0 Å². The average molecular weight is 339 g/mol. The summed E-state index contributed by atoms with van der Waals surface area (Å²) >= 11 is 0. The maximum absolute atomic E-state index is 13.1. The van der Waals surface area contributed by atoms with Crippen LogP contribution >= 0.6 is 0 Å². The van der Waals surface area contributed by atoms with Crippen molar-refractivity contribution >= 4 is 5.91 Å². The Bertz CT molecular complexity index is 714. The molecule has 4 nitrogen and oxygen atoms in total. The van der Waals surface area contributed by atoms with Crippen LogP contribution in [0.3, 0.4) is 0 Å². The number of hydrogen-bond acceptors (Lipinski definition) is 3. The van der Waals surface area contributed by atoms with Crippen LogP contribution in [-0.4, -0.2) is 30.6 Å². The molecule has 1 atom stereocenters. The van der Waals surface area contributed by atoms with Gasteiger partial charge in [-0.3, -0.25) is 4.79 Å². The Balaban J connectivity index is 1.76. The van der Waals surface area contributed by atoms with Crippen molar-refractivity contribution in [3.05, 3.63) is 59.7 Å². The predicted octanol–water partition coefficient (Wildman–Crippen LogP) is 4.00. The molecule has 0 N–H and O–H groups in total. The van der Waals surface area contributed by atoms with E-state index in [9.17, 15) is 4.79 Å². The minimum atomic E-state index is -0.0987. The zero-order chi connectivity index (χ0) is 17.6. The maximum Gasteiger partial charge on any atom is 0.230 e. The largest absolute Gasteiger partial charge is 0.486 e. The number of ether oxygens (including phenoxy) is 2. The van der Waals surface area contributed by atoms with Gasteiger partial charge in [-0.15, -0.1) is 0 Å². The molecule has 0 bridgehead atoms.